The summed E-state index contributed by atoms with van der Waals surface area (Å²) < 4.78 is 6.68. The number of amides is 1. The Balaban J connectivity index is 1.91. The van der Waals surface area contributed by atoms with Gasteiger partial charge in [-0.1, -0.05) is 45.8 Å². The lowest BCUT2D eigenvalue weighted by Gasteiger charge is -2.15. The number of ether oxygens (including phenoxy) is 1. The molecular formula is C19H22BrNO2. The van der Waals surface area contributed by atoms with E-state index in [2.05, 4.69) is 21.2 Å². The fourth-order valence-corrected chi connectivity index (χ4v) is 2.59. The van der Waals surface area contributed by atoms with E-state index in [9.17, 15) is 4.79 Å². The minimum Gasteiger partial charge on any atom is -0.484 e. The summed E-state index contributed by atoms with van der Waals surface area (Å²) in [7, 11) is 0. The second-order valence-corrected chi connectivity index (χ2v) is 6.65. The molecule has 0 fully saturated rings. The van der Waals surface area contributed by atoms with Crippen LogP contribution in [0.25, 0.3) is 0 Å². The maximum absolute atomic E-state index is 12.1. The van der Waals surface area contributed by atoms with E-state index < -0.39 is 0 Å². The lowest BCUT2D eigenvalue weighted by molar-refractivity contribution is -0.123. The van der Waals surface area contributed by atoms with Gasteiger partial charge in [0.2, 0.25) is 0 Å². The SMILES string of the molecule is Cc1ccc([C@@H](C)NC(=O)COc2cc(C)c(Br)c(C)c2)cc1. The van der Waals surface area contributed by atoms with Gasteiger partial charge in [0.15, 0.2) is 6.61 Å². The lowest BCUT2D eigenvalue weighted by Crippen LogP contribution is -2.31. The van der Waals surface area contributed by atoms with E-state index in [-0.39, 0.29) is 18.6 Å². The highest BCUT2D eigenvalue weighted by atomic mass is 79.9. The highest BCUT2D eigenvalue weighted by Crippen LogP contribution is 2.26. The van der Waals surface area contributed by atoms with Gasteiger partial charge in [0.1, 0.15) is 5.75 Å². The van der Waals surface area contributed by atoms with Crippen LogP contribution in [0.4, 0.5) is 0 Å². The summed E-state index contributed by atoms with van der Waals surface area (Å²) in [5, 5.41) is 2.95. The van der Waals surface area contributed by atoms with Gasteiger partial charge >= 0.3 is 0 Å². The highest BCUT2D eigenvalue weighted by Gasteiger charge is 2.11. The molecule has 0 saturated carbocycles. The van der Waals surface area contributed by atoms with Gasteiger partial charge in [0, 0.05) is 4.47 Å². The molecule has 0 heterocycles. The van der Waals surface area contributed by atoms with E-state index in [0.717, 1.165) is 21.2 Å². The van der Waals surface area contributed by atoms with Crippen molar-refractivity contribution in [1.82, 2.24) is 5.32 Å². The number of carbonyl (C=O) groups excluding carboxylic acids is 1. The standard InChI is InChI=1S/C19H22BrNO2/c1-12-5-7-16(8-6-12)15(4)21-18(22)11-23-17-9-13(2)19(20)14(3)10-17/h5-10,15H,11H2,1-4H3,(H,21,22)/t15-/m1/s1. The number of hydrogen-bond donors (Lipinski definition) is 1. The summed E-state index contributed by atoms with van der Waals surface area (Å²) in [6, 6.07) is 12.0. The largest absolute Gasteiger partial charge is 0.484 e. The Labute approximate surface area is 146 Å². The van der Waals surface area contributed by atoms with Gasteiger partial charge in [0.25, 0.3) is 5.91 Å². The highest BCUT2D eigenvalue weighted by molar-refractivity contribution is 9.10. The van der Waals surface area contributed by atoms with Crippen molar-refractivity contribution in [1.29, 1.82) is 0 Å². The summed E-state index contributed by atoms with van der Waals surface area (Å²) in [4.78, 5) is 12.1. The summed E-state index contributed by atoms with van der Waals surface area (Å²) >= 11 is 3.52. The lowest BCUT2D eigenvalue weighted by atomic mass is 10.1. The Bertz CT molecular complexity index is 672. The number of benzene rings is 2. The molecule has 0 spiro atoms. The molecule has 3 nitrogen and oxygen atoms in total. The van der Waals surface area contributed by atoms with Gasteiger partial charge in [0.05, 0.1) is 6.04 Å². The van der Waals surface area contributed by atoms with Gasteiger partial charge in [-0.05, 0) is 56.5 Å². The normalized spacial score (nSPS) is 11.9. The molecule has 0 aliphatic heterocycles. The first-order chi connectivity index (χ1) is 10.9. The molecule has 0 saturated heterocycles. The van der Waals surface area contributed by atoms with Crippen molar-refractivity contribution >= 4 is 21.8 Å². The van der Waals surface area contributed by atoms with Gasteiger partial charge < -0.3 is 10.1 Å². The van der Waals surface area contributed by atoms with Crippen molar-refractivity contribution in [2.45, 2.75) is 33.7 Å². The number of rotatable bonds is 5. The van der Waals surface area contributed by atoms with Crippen molar-refractivity contribution in [2.75, 3.05) is 6.61 Å². The third-order valence-corrected chi connectivity index (χ3v) is 4.99. The molecule has 0 bridgehead atoms. The molecule has 0 aliphatic carbocycles. The second kappa shape index (κ2) is 7.64. The van der Waals surface area contributed by atoms with Crippen LogP contribution in [0.15, 0.2) is 40.9 Å². The number of carbonyl (C=O) groups is 1. The van der Waals surface area contributed by atoms with E-state index in [1.54, 1.807) is 0 Å². The van der Waals surface area contributed by atoms with Crippen LogP contribution in [-0.4, -0.2) is 12.5 Å². The molecule has 1 amide bonds. The van der Waals surface area contributed by atoms with Gasteiger partial charge in [-0.25, -0.2) is 0 Å². The first kappa shape index (κ1) is 17.5. The first-order valence-corrected chi connectivity index (χ1v) is 8.41. The van der Waals surface area contributed by atoms with E-state index in [4.69, 9.17) is 4.74 Å². The Kier molecular flexibility index (Phi) is 5.83. The molecule has 2 aromatic carbocycles. The predicted molar refractivity (Wildman–Crippen MR) is 96.8 cm³/mol. The third kappa shape index (κ3) is 4.83. The van der Waals surface area contributed by atoms with Gasteiger partial charge in [-0.3, -0.25) is 4.79 Å². The zero-order valence-corrected chi connectivity index (χ0v) is 15.5. The minimum atomic E-state index is -0.128. The zero-order valence-electron chi connectivity index (χ0n) is 13.9. The Morgan fingerprint density at radius 1 is 1.13 bits per heavy atom. The third-order valence-electron chi connectivity index (χ3n) is 3.73. The van der Waals surface area contributed by atoms with Crippen molar-refractivity contribution < 1.29 is 9.53 Å². The number of aryl methyl sites for hydroxylation is 3. The topological polar surface area (TPSA) is 38.3 Å². The summed E-state index contributed by atoms with van der Waals surface area (Å²) in [6.07, 6.45) is 0. The average molecular weight is 376 g/mol. The predicted octanol–water partition coefficient (Wildman–Crippen LogP) is 4.63. The van der Waals surface area contributed by atoms with E-state index in [1.807, 2.05) is 64.1 Å². The maximum atomic E-state index is 12.1. The van der Waals surface area contributed by atoms with Crippen LogP contribution in [0.3, 0.4) is 0 Å². The fraction of sp³-hybridized carbons (Fsp3) is 0.316. The fourth-order valence-electron chi connectivity index (χ4n) is 2.36. The average Bonchev–Trinajstić information content (AvgIpc) is 2.51. The summed E-state index contributed by atoms with van der Waals surface area (Å²) in [6.45, 7) is 8.03. The quantitative estimate of drug-likeness (QED) is 0.826. The molecule has 23 heavy (non-hydrogen) atoms. The molecule has 0 aliphatic rings. The van der Waals surface area contributed by atoms with Crippen molar-refractivity contribution in [2.24, 2.45) is 0 Å². The smallest absolute Gasteiger partial charge is 0.258 e. The minimum absolute atomic E-state index is 0.0106. The molecule has 2 rings (SSSR count). The van der Waals surface area contributed by atoms with Gasteiger partial charge in [-0.15, -0.1) is 0 Å². The van der Waals surface area contributed by atoms with E-state index >= 15 is 0 Å². The zero-order chi connectivity index (χ0) is 17.0. The number of halogens is 1. The molecule has 1 N–H and O–H groups in total. The van der Waals surface area contributed by atoms with Crippen molar-refractivity contribution in [3.8, 4) is 5.75 Å². The van der Waals surface area contributed by atoms with Crippen LogP contribution in [0.5, 0.6) is 5.75 Å². The Morgan fingerprint density at radius 2 is 1.70 bits per heavy atom. The van der Waals surface area contributed by atoms with Gasteiger partial charge in [-0.2, -0.15) is 0 Å². The Hall–Kier alpha value is -1.81. The van der Waals surface area contributed by atoms with E-state index in [1.165, 1.54) is 5.56 Å². The molecule has 4 heteroatoms. The van der Waals surface area contributed by atoms with Crippen molar-refractivity contribution in [3.63, 3.8) is 0 Å². The number of nitrogens with one attached hydrogen (secondary N) is 1. The Morgan fingerprint density at radius 3 is 2.26 bits per heavy atom. The van der Waals surface area contributed by atoms with Crippen LogP contribution in [0.2, 0.25) is 0 Å². The van der Waals surface area contributed by atoms with Crippen LogP contribution in [-0.2, 0) is 4.79 Å². The second-order valence-electron chi connectivity index (χ2n) is 5.86. The first-order valence-electron chi connectivity index (χ1n) is 7.62. The molecule has 2 aromatic rings. The summed E-state index contributed by atoms with van der Waals surface area (Å²) in [5.41, 5.74) is 4.47. The number of hydrogen-bond acceptors (Lipinski definition) is 2. The van der Waals surface area contributed by atoms with Crippen molar-refractivity contribution in [3.05, 3.63) is 63.1 Å². The molecular weight excluding hydrogens is 354 g/mol. The van der Waals surface area contributed by atoms with Crippen LogP contribution >= 0.6 is 15.9 Å². The summed E-state index contributed by atoms with van der Waals surface area (Å²) in [5.74, 6) is 0.581. The molecule has 0 radical (unpaired) electrons. The molecule has 0 unspecified atom stereocenters. The van der Waals surface area contributed by atoms with Crippen LogP contribution in [0, 0.1) is 20.8 Å². The molecule has 0 aromatic heterocycles. The monoisotopic (exact) mass is 375 g/mol. The van der Waals surface area contributed by atoms with Crippen LogP contribution < -0.4 is 10.1 Å². The molecule has 122 valence electrons. The van der Waals surface area contributed by atoms with Crippen LogP contribution in [0.1, 0.15) is 35.2 Å². The maximum Gasteiger partial charge on any atom is 0.258 e. The van der Waals surface area contributed by atoms with E-state index in [0.29, 0.717) is 5.75 Å². The molecule has 1 atom stereocenters.